The summed E-state index contributed by atoms with van der Waals surface area (Å²) in [6, 6.07) is 47.8. The van der Waals surface area contributed by atoms with E-state index in [1.807, 2.05) is 103 Å². The van der Waals surface area contributed by atoms with Crippen molar-refractivity contribution in [2.75, 3.05) is 5.75 Å². The van der Waals surface area contributed by atoms with Crippen LogP contribution >= 0.6 is 23.5 Å². The van der Waals surface area contributed by atoms with Gasteiger partial charge in [-0.2, -0.15) is 0 Å². The number of rotatable bonds is 7. The highest BCUT2D eigenvalue weighted by molar-refractivity contribution is 8.18. The van der Waals surface area contributed by atoms with E-state index in [1.54, 1.807) is 54.6 Å². The summed E-state index contributed by atoms with van der Waals surface area (Å²) in [5.41, 5.74) is 1.41. The molecule has 0 aromatic heterocycles. The Morgan fingerprint density at radius 3 is 1.39 bits per heavy atom. The van der Waals surface area contributed by atoms with E-state index >= 15 is 0 Å². The molecule has 2 fully saturated rings. The minimum atomic E-state index is -0.465. The smallest absolute Gasteiger partial charge is 0.290 e. The molecule has 3 N–H and O–H groups in total. The van der Waals surface area contributed by atoms with Gasteiger partial charge in [0.15, 0.2) is 12.6 Å². The van der Waals surface area contributed by atoms with Crippen molar-refractivity contribution in [2.45, 2.75) is 0 Å². The third-order valence-corrected chi connectivity index (χ3v) is 8.78. The number of carbonyl (C=O) groups is 6. The molecule has 0 saturated carbocycles. The van der Waals surface area contributed by atoms with Crippen molar-refractivity contribution < 1.29 is 47.7 Å². The average Bonchev–Trinajstić information content (AvgIpc) is 3.80. The highest BCUT2D eigenvalue weighted by Crippen LogP contribution is 2.31. The Balaban J connectivity index is 0.000000176. The lowest BCUT2D eigenvalue weighted by atomic mass is 10.2. The van der Waals surface area contributed by atoms with E-state index < -0.39 is 5.82 Å². The molecular weight excluding hydrogens is 796 g/mol. The van der Waals surface area contributed by atoms with Crippen LogP contribution in [0.5, 0.6) is 28.7 Å². The molecule has 2 saturated heterocycles. The maximum absolute atomic E-state index is 12.4. The number of imide groups is 2. The summed E-state index contributed by atoms with van der Waals surface area (Å²) in [5.74, 6) is 2.24. The van der Waals surface area contributed by atoms with Crippen molar-refractivity contribution in [2.24, 2.45) is 0 Å². The van der Waals surface area contributed by atoms with Crippen LogP contribution in [0.3, 0.4) is 0 Å². The first-order chi connectivity index (χ1) is 28.6. The number of benzene rings is 6. The second-order valence-corrected chi connectivity index (χ2v) is 13.4. The number of hydrogen-bond acceptors (Lipinski definition) is 11. The monoisotopic (exact) mass is 830 g/mol. The van der Waals surface area contributed by atoms with Crippen molar-refractivity contribution in [1.82, 2.24) is 10.6 Å². The van der Waals surface area contributed by atoms with Gasteiger partial charge in [-0.05, 0) is 84.6 Å². The Kier molecular flexibility index (Phi) is 18.3. The van der Waals surface area contributed by atoms with Crippen molar-refractivity contribution in [3.8, 4) is 28.7 Å². The molecule has 59 heavy (non-hydrogen) atoms. The third kappa shape index (κ3) is 16.0. The quantitative estimate of drug-likeness (QED) is 0.104. The van der Waals surface area contributed by atoms with Gasteiger partial charge in [0.25, 0.3) is 16.4 Å². The summed E-state index contributed by atoms with van der Waals surface area (Å²) in [5, 5.41) is 12.4. The predicted molar refractivity (Wildman–Crippen MR) is 226 cm³/mol. The Labute approximate surface area is 347 Å². The van der Waals surface area contributed by atoms with Crippen LogP contribution in [0.2, 0.25) is 0 Å². The van der Waals surface area contributed by atoms with Gasteiger partial charge in [-0.25, -0.2) is 4.39 Å². The molecule has 6 aromatic carbocycles. The highest BCUT2D eigenvalue weighted by Gasteiger charge is 2.25. The first kappa shape index (κ1) is 44.4. The summed E-state index contributed by atoms with van der Waals surface area (Å²) in [6.45, 7) is 0. The van der Waals surface area contributed by atoms with E-state index in [0.29, 0.717) is 45.5 Å². The summed E-state index contributed by atoms with van der Waals surface area (Å²) < 4.78 is 23.7. The summed E-state index contributed by atoms with van der Waals surface area (Å²) in [4.78, 5) is 64.1. The maximum Gasteiger partial charge on any atom is 0.290 e. The van der Waals surface area contributed by atoms with E-state index in [2.05, 4.69) is 10.6 Å². The topological polar surface area (TPSA) is 165 Å². The van der Waals surface area contributed by atoms with E-state index in [1.165, 1.54) is 12.1 Å². The van der Waals surface area contributed by atoms with Gasteiger partial charge in [0.1, 0.15) is 34.6 Å². The first-order valence-corrected chi connectivity index (χ1v) is 19.2. The van der Waals surface area contributed by atoms with Crippen LogP contribution in [-0.2, 0) is 9.59 Å². The van der Waals surface area contributed by atoms with Gasteiger partial charge in [-0.1, -0.05) is 109 Å². The zero-order chi connectivity index (χ0) is 42.2. The minimum Gasteiger partial charge on any atom is -0.508 e. The molecule has 4 amide bonds. The number of thioether (sulfide) groups is 2. The van der Waals surface area contributed by atoms with Crippen LogP contribution in [0.15, 0.2) is 169 Å². The van der Waals surface area contributed by atoms with Crippen molar-refractivity contribution >= 4 is 64.5 Å². The van der Waals surface area contributed by atoms with Crippen molar-refractivity contribution in [3.05, 3.63) is 191 Å². The molecule has 0 aliphatic carbocycles. The van der Waals surface area contributed by atoms with Crippen molar-refractivity contribution in [3.63, 3.8) is 0 Å². The van der Waals surface area contributed by atoms with Gasteiger partial charge in [0, 0.05) is 5.56 Å². The predicted octanol–water partition coefficient (Wildman–Crippen LogP) is 10.1. The number of para-hydroxylation sites is 5. The molecular formula is C45H35FN2O9S2. The number of hydrogen-bond donors (Lipinski definition) is 3. The van der Waals surface area contributed by atoms with Gasteiger partial charge in [-0.3, -0.25) is 39.4 Å². The van der Waals surface area contributed by atoms with Gasteiger partial charge >= 0.3 is 0 Å². The summed E-state index contributed by atoms with van der Waals surface area (Å²) >= 11 is 1.90. The molecule has 298 valence electrons. The highest BCUT2D eigenvalue weighted by atomic mass is 32.2. The normalized spacial score (nSPS) is 12.9. The Morgan fingerprint density at radius 1 is 0.542 bits per heavy atom. The van der Waals surface area contributed by atoms with E-state index in [4.69, 9.17) is 14.6 Å². The third-order valence-electron chi connectivity index (χ3n) is 7.20. The van der Waals surface area contributed by atoms with Gasteiger partial charge in [0.05, 0.1) is 21.8 Å². The number of aldehydes is 2. The molecule has 6 aromatic rings. The number of aromatic hydroxyl groups is 1. The molecule has 0 spiro atoms. The molecule has 14 heteroatoms. The van der Waals surface area contributed by atoms with Crippen LogP contribution in [0.1, 0.15) is 26.3 Å². The fourth-order valence-corrected chi connectivity index (χ4v) is 5.67. The van der Waals surface area contributed by atoms with Crippen LogP contribution < -0.4 is 20.1 Å². The minimum absolute atomic E-state index is 0.109. The number of carbonyl (C=O) groups excluding carboxylic acids is 6. The van der Waals surface area contributed by atoms with E-state index in [9.17, 15) is 33.2 Å². The zero-order valence-corrected chi connectivity index (χ0v) is 32.6. The number of ether oxygens (including phenoxy) is 2. The number of phenolic OH excluding ortho intramolecular Hbond substituents is 1. The van der Waals surface area contributed by atoms with Crippen LogP contribution in [0.4, 0.5) is 14.0 Å². The van der Waals surface area contributed by atoms with E-state index in [0.717, 1.165) is 41.1 Å². The van der Waals surface area contributed by atoms with Gasteiger partial charge in [-0.15, -0.1) is 0 Å². The first-order valence-electron chi connectivity index (χ1n) is 17.4. The van der Waals surface area contributed by atoms with Gasteiger partial charge < -0.3 is 14.6 Å². The largest absolute Gasteiger partial charge is 0.508 e. The van der Waals surface area contributed by atoms with Crippen molar-refractivity contribution in [1.29, 1.82) is 0 Å². The molecule has 0 unspecified atom stereocenters. The van der Waals surface area contributed by atoms with Gasteiger partial charge in [0.2, 0.25) is 5.91 Å². The Hall–Kier alpha value is -7.29. The zero-order valence-electron chi connectivity index (χ0n) is 30.9. The molecule has 8 rings (SSSR count). The molecule has 0 radical (unpaired) electrons. The van der Waals surface area contributed by atoms with Crippen LogP contribution in [-0.4, -0.2) is 45.7 Å². The number of halogens is 1. The fourth-order valence-electron chi connectivity index (χ4n) is 4.47. The second-order valence-electron chi connectivity index (χ2n) is 11.5. The van der Waals surface area contributed by atoms with E-state index in [-0.39, 0.29) is 27.9 Å². The molecule has 2 aliphatic rings. The number of phenols is 1. The average molecular weight is 831 g/mol. The maximum atomic E-state index is 12.4. The lowest BCUT2D eigenvalue weighted by Crippen LogP contribution is -2.18. The van der Waals surface area contributed by atoms with Crippen LogP contribution in [0.25, 0.3) is 6.08 Å². The Morgan fingerprint density at radius 2 is 1.00 bits per heavy atom. The SMILES string of the molecule is O=C1CSC(=O)N1.O=C1NC(=O)/C(=C/c2ccccc2Oc2ccccc2)S1.O=Cc1ccccc1F.O=Cc1ccccc1Oc1ccccc1.Oc1ccccc1. The summed E-state index contributed by atoms with van der Waals surface area (Å²) in [7, 11) is 0. The lowest BCUT2D eigenvalue weighted by molar-refractivity contribution is -0.117. The number of amides is 4. The Bertz CT molecular complexity index is 2350. The molecule has 0 atom stereocenters. The molecule has 2 aliphatic heterocycles. The standard InChI is InChI=1S/C16H11NO3S.C13H10O2.C7H5FO.C6H6O.C3H3NO2S/c18-15-14(21-16(19)17-15)10-11-6-4-5-9-13(11)20-12-7-2-1-3-8-12;14-10-11-6-4-5-9-13(11)15-12-7-2-1-3-8-12;8-7-4-2-1-3-6(7)5-9;7-6-4-2-1-3-5-6;5-2-1-7-3(6)4-2/h1-10H,(H,17,18,19);1-10H;1-5H;1-5,7H;1H2,(H,4,5,6)/b14-10-;;;;. The van der Waals surface area contributed by atoms with Crippen LogP contribution in [0, 0.1) is 5.82 Å². The summed E-state index contributed by atoms with van der Waals surface area (Å²) in [6.07, 6.45) is 2.94. The second kappa shape index (κ2) is 24.4. The lowest BCUT2D eigenvalue weighted by Gasteiger charge is -2.08. The molecule has 11 nitrogen and oxygen atoms in total. The molecule has 0 bridgehead atoms. The number of nitrogens with one attached hydrogen (secondary N) is 2. The molecule has 2 heterocycles. The fraction of sp³-hybridized carbons (Fsp3) is 0.0222.